The van der Waals surface area contributed by atoms with Crippen LogP contribution in [0.5, 0.6) is 0 Å². The SMILES string of the molecule is Cc1ccc(C(=O)NCC(CN2Cc3ccccc3C2=O)c2ccccc2)c(-n2cnnn2)c1C. The second-order valence-electron chi connectivity index (χ2n) is 8.82. The lowest BCUT2D eigenvalue weighted by Crippen LogP contribution is -2.36. The second kappa shape index (κ2) is 9.50. The molecule has 1 aliphatic heterocycles. The lowest BCUT2D eigenvalue weighted by atomic mass is 9.97. The van der Waals surface area contributed by atoms with Gasteiger partial charge in [0.25, 0.3) is 11.8 Å². The molecule has 1 aliphatic rings. The average molecular weight is 467 g/mol. The van der Waals surface area contributed by atoms with Crippen molar-refractivity contribution in [3.63, 3.8) is 0 Å². The molecule has 0 radical (unpaired) electrons. The van der Waals surface area contributed by atoms with Gasteiger partial charge in [-0.15, -0.1) is 5.10 Å². The maximum absolute atomic E-state index is 13.4. The number of hydrogen-bond acceptors (Lipinski definition) is 5. The summed E-state index contributed by atoms with van der Waals surface area (Å²) >= 11 is 0. The summed E-state index contributed by atoms with van der Waals surface area (Å²) in [4.78, 5) is 28.2. The zero-order valence-corrected chi connectivity index (χ0v) is 19.7. The molecule has 1 unspecified atom stereocenters. The lowest BCUT2D eigenvalue weighted by Gasteiger charge is -2.25. The quantitative estimate of drug-likeness (QED) is 0.450. The van der Waals surface area contributed by atoms with Gasteiger partial charge in [-0.25, -0.2) is 0 Å². The highest BCUT2D eigenvalue weighted by molar-refractivity contribution is 5.99. The van der Waals surface area contributed by atoms with Crippen molar-refractivity contribution in [2.75, 3.05) is 13.1 Å². The van der Waals surface area contributed by atoms with E-state index in [1.807, 2.05) is 79.4 Å². The molecule has 2 amide bonds. The molecule has 1 atom stereocenters. The van der Waals surface area contributed by atoms with Gasteiger partial charge < -0.3 is 10.2 Å². The molecule has 3 aromatic carbocycles. The summed E-state index contributed by atoms with van der Waals surface area (Å²) in [7, 11) is 0. The van der Waals surface area contributed by atoms with E-state index in [0.29, 0.717) is 30.9 Å². The van der Waals surface area contributed by atoms with E-state index in [4.69, 9.17) is 0 Å². The Morgan fingerprint density at radius 3 is 2.54 bits per heavy atom. The van der Waals surface area contributed by atoms with Crippen molar-refractivity contribution in [2.24, 2.45) is 0 Å². The van der Waals surface area contributed by atoms with Crippen molar-refractivity contribution in [3.05, 3.63) is 106 Å². The first kappa shape index (κ1) is 22.5. The van der Waals surface area contributed by atoms with E-state index in [0.717, 1.165) is 27.8 Å². The molecular weight excluding hydrogens is 440 g/mol. The van der Waals surface area contributed by atoms with Gasteiger partial charge in [-0.2, -0.15) is 4.68 Å². The Bertz CT molecular complexity index is 1370. The average Bonchev–Trinajstić information content (AvgIpc) is 3.52. The molecule has 176 valence electrons. The molecular formula is C27H26N6O2. The largest absolute Gasteiger partial charge is 0.351 e. The highest BCUT2D eigenvalue weighted by atomic mass is 16.2. The first-order chi connectivity index (χ1) is 17.0. The summed E-state index contributed by atoms with van der Waals surface area (Å²) in [5.41, 5.74) is 5.99. The first-order valence-electron chi connectivity index (χ1n) is 11.6. The summed E-state index contributed by atoms with van der Waals surface area (Å²) in [6.07, 6.45) is 1.49. The Hall–Kier alpha value is -4.33. The van der Waals surface area contributed by atoms with Crippen LogP contribution >= 0.6 is 0 Å². The van der Waals surface area contributed by atoms with Gasteiger partial charge in [-0.3, -0.25) is 9.59 Å². The maximum Gasteiger partial charge on any atom is 0.254 e. The molecule has 1 aromatic heterocycles. The fourth-order valence-corrected chi connectivity index (χ4v) is 4.60. The van der Waals surface area contributed by atoms with Crippen molar-refractivity contribution >= 4 is 11.8 Å². The third kappa shape index (κ3) is 4.42. The Morgan fingerprint density at radius 1 is 1.03 bits per heavy atom. The molecule has 0 spiro atoms. The fourth-order valence-electron chi connectivity index (χ4n) is 4.60. The van der Waals surface area contributed by atoms with Crippen LogP contribution in [-0.4, -0.2) is 50.0 Å². The van der Waals surface area contributed by atoms with Crippen LogP contribution in [0.1, 0.15) is 48.9 Å². The monoisotopic (exact) mass is 466 g/mol. The number of nitrogens with one attached hydrogen (secondary N) is 1. The number of nitrogens with zero attached hydrogens (tertiary/aromatic N) is 5. The van der Waals surface area contributed by atoms with E-state index in [1.165, 1.54) is 11.0 Å². The summed E-state index contributed by atoms with van der Waals surface area (Å²) < 4.78 is 1.52. The van der Waals surface area contributed by atoms with Gasteiger partial charge in [0.1, 0.15) is 6.33 Å². The van der Waals surface area contributed by atoms with Crippen LogP contribution in [0, 0.1) is 13.8 Å². The molecule has 2 heterocycles. The van der Waals surface area contributed by atoms with Gasteiger partial charge in [0, 0.05) is 31.1 Å². The van der Waals surface area contributed by atoms with Gasteiger partial charge in [0.05, 0.1) is 11.3 Å². The molecule has 0 saturated carbocycles. The molecule has 8 nitrogen and oxygen atoms in total. The van der Waals surface area contributed by atoms with Crippen LogP contribution in [0.25, 0.3) is 5.69 Å². The first-order valence-corrected chi connectivity index (χ1v) is 11.6. The number of aromatic nitrogens is 4. The highest BCUT2D eigenvalue weighted by Gasteiger charge is 2.29. The minimum atomic E-state index is -0.212. The van der Waals surface area contributed by atoms with Crippen molar-refractivity contribution in [3.8, 4) is 5.69 Å². The normalized spacial score (nSPS) is 13.5. The molecule has 0 saturated heterocycles. The van der Waals surface area contributed by atoms with Crippen molar-refractivity contribution < 1.29 is 9.59 Å². The van der Waals surface area contributed by atoms with E-state index in [2.05, 4.69) is 20.8 Å². The third-order valence-electron chi connectivity index (χ3n) is 6.64. The van der Waals surface area contributed by atoms with E-state index in [9.17, 15) is 9.59 Å². The van der Waals surface area contributed by atoms with Crippen LogP contribution in [0.2, 0.25) is 0 Å². The van der Waals surface area contributed by atoms with Crippen LogP contribution in [0.15, 0.2) is 73.1 Å². The van der Waals surface area contributed by atoms with Gasteiger partial charge in [-0.05, 0) is 58.7 Å². The number of amides is 2. The summed E-state index contributed by atoms with van der Waals surface area (Å²) in [6.45, 7) is 5.40. The van der Waals surface area contributed by atoms with Gasteiger partial charge in [0.15, 0.2) is 0 Å². The van der Waals surface area contributed by atoms with Crippen LogP contribution in [-0.2, 0) is 6.54 Å². The summed E-state index contributed by atoms with van der Waals surface area (Å²) in [5.74, 6) is -0.250. The van der Waals surface area contributed by atoms with E-state index in [-0.39, 0.29) is 17.7 Å². The van der Waals surface area contributed by atoms with Crippen molar-refractivity contribution in [2.45, 2.75) is 26.3 Å². The van der Waals surface area contributed by atoms with E-state index in [1.54, 1.807) is 6.07 Å². The van der Waals surface area contributed by atoms with E-state index >= 15 is 0 Å². The van der Waals surface area contributed by atoms with Crippen molar-refractivity contribution in [1.82, 2.24) is 30.4 Å². The Labute approximate surface area is 203 Å². The van der Waals surface area contributed by atoms with Gasteiger partial charge >= 0.3 is 0 Å². The molecule has 8 heteroatoms. The Kier molecular flexibility index (Phi) is 6.10. The minimum Gasteiger partial charge on any atom is -0.351 e. The fraction of sp³-hybridized carbons (Fsp3) is 0.222. The second-order valence-corrected chi connectivity index (χ2v) is 8.82. The number of hydrogen-bond donors (Lipinski definition) is 1. The highest BCUT2D eigenvalue weighted by Crippen LogP contribution is 2.26. The van der Waals surface area contributed by atoms with Crippen LogP contribution in [0.3, 0.4) is 0 Å². The molecule has 5 rings (SSSR count). The van der Waals surface area contributed by atoms with Gasteiger partial charge in [-0.1, -0.05) is 54.6 Å². The number of carbonyl (C=O) groups is 2. The standard InChI is InChI=1S/C27H26N6O2/c1-18-12-13-24(25(19(18)2)33-17-29-30-31-33)26(34)28-14-22(20-8-4-3-5-9-20)16-32-15-21-10-6-7-11-23(21)27(32)35/h3-13,17,22H,14-16H2,1-2H3,(H,28,34). The number of rotatable bonds is 7. The van der Waals surface area contributed by atoms with Crippen LogP contribution < -0.4 is 5.32 Å². The summed E-state index contributed by atoms with van der Waals surface area (Å²) in [6, 6.07) is 21.4. The van der Waals surface area contributed by atoms with Crippen LogP contribution in [0.4, 0.5) is 0 Å². The molecule has 4 aromatic rings. The number of carbonyl (C=O) groups excluding carboxylic acids is 2. The zero-order valence-electron chi connectivity index (χ0n) is 19.7. The van der Waals surface area contributed by atoms with Crippen molar-refractivity contribution in [1.29, 1.82) is 0 Å². The third-order valence-corrected chi connectivity index (χ3v) is 6.64. The zero-order chi connectivity index (χ0) is 24.4. The maximum atomic E-state index is 13.4. The molecule has 0 bridgehead atoms. The predicted molar refractivity (Wildman–Crippen MR) is 131 cm³/mol. The summed E-state index contributed by atoms with van der Waals surface area (Å²) in [5, 5.41) is 14.6. The topological polar surface area (TPSA) is 93.0 Å². The number of benzene rings is 3. The number of aryl methyl sites for hydroxylation is 1. The number of tetrazole rings is 1. The molecule has 0 aliphatic carbocycles. The predicted octanol–water partition coefficient (Wildman–Crippen LogP) is 3.45. The van der Waals surface area contributed by atoms with Gasteiger partial charge in [0.2, 0.25) is 0 Å². The van der Waals surface area contributed by atoms with E-state index < -0.39 is 0 Å². The molecule has 35 heavy (non-hydrogen) atoms. The molecule has 0 fully saturated rings. The smallest absolute Gasteiger partial charge is 0.254 e. The molecule has 1 N–H and O–H groups in total. The number of fused-ring (bicyclic) bond motifs is 1. The Morgan fingerprint density at radius 2 is 1.80 bits per heavy atom. The lowest BCUT2D eigenvalue weighted by molar-refractivity contribution is 0.0767. The minimum absolute atomic E-state index is 0.0305. The Balaban J connectivity index is 1.38.